The number of pyridine rings is 1. The Morgan fingerprint density at radius 3 is 2.56 bits per heavy atom. The topological polar surface area (TPSA) is 50.7 Å². The van der Waals surface area contributed by atoms with Crippen molar-refractivity contribution in [1.29, 1.82) is 0 Å². The number of H-pyrrole nitrogens is 1. The Hall–Kier alpha value is -2.41. The molecule has 0 radical (unpaired) electrons. The van der Waals surface area contributed by atoms with E-state index < -0.39 is 12.0 Å². The number of alkyl halides is 2. The molecule has 0 fully saturated rings. The predicted octanol–water partition coefficient (Wildman–Crippen LogP) is 5.03. The molecule has 2 aromatic heterocycles. The Balaban J connectivity index is 2.48. The van der Waals surface area contributed by atoms with Crippen LogP contribution in [0.1, 0.15) is 38.3 Å². The van der Waals surface area contributed by atoms with E-state index in [4.69, 9.17) is 12.2 Å². The van der Waals surface area contributed by atoms with Crippen LogP contribution in [0.2, 0.25) is 0 Å². The van der Waals surface area contributed by atoms with E-state index >= 15 is 0 Å². The highest BCUT2D eigenvalue weighted by molar-refractivity contribution is 7.71. The number of fused-ring (bicyclic) bond motifs is 1. The minimum absolute atomic E-state index is 0.0871. The first kappa shape index (κ1) is 17.4. The average molecular weight is 361 g/mol. The molecule has 2 heterocycles. The summed E-state index contributed by atoms with van der Waals surface area (Å²) in [5.41, 5.74) is 0.313. The summed E-state index contributed by atoms with van der Waals surface area (Å²) in [7, 11) is 0. The molecule has 1 atom stereocenters. The summed E-state index contributed by atoms with van der Waals surface area (Å²) in [6.45, 7) is 3.87. The third-order valence-corrected chi connectivity index (χ3v) is 4.56. The third kappa shape index (κ3) is 3.11. The third-order valence-electron chi connectivity index (χ3n) is 4.26. The Kier molecular flexibility index (Phi) is 4.76. The number of nitrogens with one attached hydrogen (secondary N) is 1. The second-order valence-electron chi connectivity index (χ2n) is 5.85. The molecule has 0 aliphatic carbocycles. The smallest absolute Gasteiger partial charge is 0.264 e. The van der Waals surface area contributed by atoms with E-state index in [2.05, 4.69) is 9.97 Å². The molecule has 0 bridgehead atoms. The van der Waals surface area contributed by atoms with Gasteiger partial charge in [-0.2, -0.15) is 0 Å². The lowest BCUT2D eigenvalue weighted by molar-refractivity contribution is 0.153. The van der Waals surface area contributed by atoms with E-state index in [1.807, 2.05) is 32.0 Å². The molecule has 0 saturated heterocycles. The van der Waals surface area contributed by atoms with Gasteiger partial charge in [-0.3, -0.25) is 14.3 Å². The van der Waals surface area contributed by atoms with Gasteiger partial charge in [0, 0.05) is 17.2 Å². The summed E-state index contributed by atoms with van der Waals surface area (Å²) in [6, 6.07) is 10.2. The van der Waals surface area contributed by atoms with Crippen LogP contribution in [0.25, 0.3) is 22.3 Å². The molecule has 25 heavy (non-hydrogen) atoms. The number of benzene rings is 1. The first-order valence-corrected chi connectivity index (χ1v) is 8.37. The highest BCUT2D eigenvalue weighted by Gasteiger charge is 2.21. The molecular weight excluding hydrogens is 344 g/mol. The van der Waals surface area contributed by atoms with Gasteiger partial charge in [0.1, 0.15) is 5.65 Å². The van der Waals surface area contributed by atoms with Crippen LogP contribution in [0.15, 0.2) is 41.2 Å². The molecule has 7 heteroatoms. The number of rotatable bonds is 4. The fourth-order valence-corrected chi connectivity index (χ4v) is 3.15. The van der Waals surface area contributed by atoms with E-state index in [1.54, 1.807) is 16.7 Å². The van der Waals surface area contributed by atoms with Crippen molar-refractivity contribution in [2.24, 2.45) is 0 Å². The van der Waals surface area contributed by atoms with Crippen LogP contribution >= 0.6 is 12.2 Å². The summed E-state index contributed by atoms with van der Waals surface area (Å²) < 4.78 is 29.2. The lowest BCUT2D eigenvalue weighted by atomic mass is 10.1. The molecule has 130 valence electrons. The molecular formula is C18H17F2N3OS. The van der Waals surface area contributed by atoms with Crippen molar-refractivity contribution in [3.05, 3.63) is 57.1 Å². The van der Waals surface area contributed by atoms with Gasteiger partial charge in [-0.05, 0) is 31.6 Å². The van der Waals surface area contributed by atoms with Crippen molar-refractivity contribution in [2.45, 2.75) is 32.7 Å². The molecule has 0 aliphatic heterocycles. The van der Waals surface area contributed by atoms with Crippen LogP contribution in [0.4, 0.5) is 8.78 Å². The van der Waals surface area contributed by atoms with E-state index in [1.165, 1.54) is 6.07 Å². The standard InChI is InChI=1S/C18H17F2N3OS/c1-3-10(2)23-16-14(17(24)22-18(23)25)12(15(19)20)9-13(21-16)11-7-5-4-6-8-11/h4-10,15H,3H2,1-2H3,(H,22,24,25)/t10-/m1/s1. The maximum absolute atomic E-state index is 13.7. The second-order valence-corrected chi connectivity index (χ2v) is 6.24. The van der Waals surface area contributed by atoms with Crippen LogP contribution in [-0.4, -0.2) is 14.5 Å². The van der Waals surface area contributed by atoms with Crippen LogP contribution in [-0.2, 0) is 0 Å². The van der Waals surface area contributed by atoms with Crippen molar-refractivity contribution in [3.8, 4) is 11.3 Å². The monoisotopic (exact) mass is 361 g/mol. The molecule has 0 amide bonds. The van der Waals surface area contributed by atoms with Crippen molar-refractivity contribution < 1.29 is 8.78 Å². The highest BCUT2D eigenvalue weighted by Crippen LogP contribution is 2.30. The van der Waals surface area contributed by atoms with Gasteiger partial charge in [-0.25, -0.2) is 13.8 Å². The predicted molar refractivity (Wildman–Crippen MR) is 96.6 cm³/mol. The zero-order valence-electron chi connectivity index (χ0n) is 13.8. The molecule has 3 rings (SSSR count). The minimum Gasteiger partial charge on any atom is -0.300 e. The number of halogens is 2. The SMILES string of the molecule is CC[C@@H](C)n1c(=S)[nH]c(=O)c2c(C(F)F)cc(-c3ccccc3)nc21. The van der Waals surface area contributed by atoms with Gasteiger partial charge in [0.15, 0.2) is 4.77 Å². The molecule has 1 aromatic carbocycles. The first-order chi connectivity index (χ1) is 11.9. The number of hydrogen-bond acceptors (Lipinski definition) is 3. The minimum atomic E-state index is -2.80. The van der Waals surface area contributed by atoms with Gasteiger partial charge < -0.3 is 0 Å². The Bertz CT molecular complexity index is 1030. The summed E-state index contributed by atoms with van der Waals surface area (Å²) in [4.78, 5) is 19.3. The van der Waals surface area contributed by atoms with E-state index in [0.29, 0.717) is 11.3 Å². The zero-order chi connectivity index (χ0) is 18.1. The normalized spacial score (nSPS) is 12.7. The van der Waals surface area contributed by atoms with Gasteiger partial charge >= 0.3 is 0 Å². The summed E-state index contributed by atoms with van der Waals surface area (Å²) in [6.07, 6.45) is -2.08. The van der Waals surface area contributed by atoms with Crippen LogP contribution in [0.3, 0.4) is 0 Å². The van der Waals surface area contributed by atoms with Crippen LogP contribution < -0.4 is 5.56 Å². The highest BCUT2D eigenvalue weighted by atomic mass is 32.1. The summed E-state index contributed by atoms with van der Waals surface area (Å²) in [5, 5.41) is -0.108. The summed E-state index contributed by atoms with van der Waals surface area (Å²) >= 11 is 5.26. The van der Waals surface area contributed by atoms with Crippen molar-refractivity contribution in [2.75, 3.05) is 0 Å². The fraction of sp³-hybridized carbons (Fsp3) is 0.278. The molecule has 0 saturated carbocycles. The van der Waals surface area contributed by atoms with E-state index in [-0.39, 0.29) is 27.4 Å². The lowest BCUT2D eigenvalue weighted by Crippen LogP contribution is -2.19. The molecule has 1 N–H and O–H groups in total. The average Bonchev–Trinajstić information content (AvgIpc) is 2.61. The number of aromatic nitrogens is 3. The van der Waals surface area contributed by atoms with Crippen LogP contribution in [0, 0.1) is 4.77 Å². The van der Waals surface area contributed by atoms with Gasteiger partial charge in [0.25, 0.3) is 12.0 Å². The number of hydrogen-bond donors (Lipinski definition) is 1. The molecule has 3 aromatic rings. The van der Waals surface area contributed by atoms with E-state index in [0.717, 1.165) is 6.42 Å². The van der Waals surface area contributed by atoms with Crippen LogP contribution in [0.5, 0.6) is 0 Å². The Morgan fingerprint density at radius 2 is 1.96 bits per heavy atom. The fourth-order valence-electron chi connectivity index (χ4n) is 2.79. The lowest BCUT2D eigenvalue weighted by Gasteiger charge is -2.18. The maximum Gasteiger partial charge on any atom is 0.264 e. The maximum atomic E-state index is 13.7. The van der Waals surface area contributed by atoms with Gasteiger partial charge in [-0.15, -0.1) is 0 Å². The first-order valence-electron chi connectivity index (χ1n) is 7.97. The quantitative estimate of drug-likeness (QED) is 0.663. The van der Waals surface area contributed by atoms with Gasteiger partial charge in [0.2, 0.25) is 0 Å². The van der Waals surface area contributed by atoms with Crippen molar-refractivity contribution >= 4 is 23.3 Å². The summed E-state index contributed by atoms with van der Waals surface area (Å²) in [5.74, 6) is 0. The molecule has 4 nitrogen and oxygen atoms in total. The van der Waals surface area contributed by atoms with Gasteiger partial charge in [-0.1, -0.05) is 37.3 Å². The number of nitrogens with zero attached hydrogens (tertiary/aromatic N) is 2. The van der Waals surface area contributed by atoms with Gasteiger partial charge in [0.05, 0.1) is 11.1 Å². The molecule has 0 spiro atoms. The molecule has 0 unspecified atom stereocenters. The Labute approximate surface area is 148 Å². The Morgan fingerprint density at radius 1 is 1.28 bits per heavy atom. The van der Waals surface area contributed by atoms with Crippen molar-refractivity contribution in [3.63, 3.8) is 0 Å². The zero-order valence-corrected chi connectivity index (χ0v) is 14.6. The molecule has 0 aliphatic rings. The second kappa shape index (κ2) is 6.84. The number of aromatic amines is 1. The van der Waals surface area contributed by atoms with E-state index in [9.17, 15) is 13.6 Å². The largest absolute Gasteiger partial charge is 0.300 e. The van der Waals surface area contributed by atoms with Crippen molar-refractivity contribution in [1.82, 2.24) is 14.5 Å².